The van der Waals surface area contributed by atoms with E-state index >= 15 is 0 Å². The fourth-order valence-corrected chi connectivity index (χ4v) is 3.00. The number of furan rings is 1. The molecule has 5 nitrogen and oxygen atoms in total. The van der Waals surface area contributed by atoms with E-state index in [1.54, 1.807) is 13.2 Å². The predicted molar refractivity (Wildman–Crippen MR) is 101 cm³/mol. The molecule has 3 rings (SSSR count). The average Bonchev–Trinajstić information content (AvgIpc) is 2.99. The zero-order valence-corrected chi connectivity index (χ0v) is 15.6. The monoisotopic (exact) mass is 373 g/mol. The molecule has 26 heavy (non-hydrogen) atoms. The van der Waals surface area contributed by atoms with Gasteiger partial charge in [0, 0.05) is 17.5 Å². The Kier molecular flexibility index (Phi) is 5.38. The Morgan fingerprint density at radius 2 is 2.04 bits per heavy atom. The number of carbonyl (C=O) groups excluding carboxylic acids is 1. The molecule has 6 heteroatoms. The molecule has 2 aromatic carbocycles. The smallest absolute Gasteiger partial charge is 0.287 e. The summed E-state index contributed by atoms with van der Waals surface area (Å²) in [5, 5.41) is 4.19. The van der Waals surface area contributed by atoms with E-state index in [0.717, 1.165) is 16.5 Å². The third-order valence-electron chi connectivity index (χ3n) is 4.10. The molecule has 0 saturated carbocycles. The zero-order chi connectivity index (χ0) is 18.7. The molecule has 0 aliphatic heterocycles. The lowest BCUT2D eigenvalue weighted by Gasteiger charge is -2.11. The van der Waals surface area contributed by atoms with Crippen LogP contribution in [-0.4, -0.2) is 19.6 Å². The van der Waals surface area contributed by atoms with Gasteiger partial charge < -0.3 is 19.2 Å². The van der Waals surface area contributed by atoms with Crippen LogP contribution in [0.15, 0.2) is 40.8 Å². The van der Waals surface area contributed by atoms with Gasteiger partial charge in [0.05, 0.1) is 18.7 Å². The first-order valence-electron chi connectivity index (χ1n) is 8.30. The summed E-state index contributed by atoms with van der Waals surface area (Å²) in [5.41, 5.74) is 2.19. The molecule has 1 amide bonds. The van der Waals surface area contributed by atoms with Crippen LogP contribution in [0.5, 0.6) is 11.5 Å². The van der Waals surface area contributed by atoms with Crippen LogP contribution in [0.3, 0.4) is 0 Å². The molecule has 0 atom stereocenters. The van der Waals surface area contributed by atoms with Gasteiger partial charge in [-0.05, 0) is 37.6 Å². The number of aryl methyl sites for hydroxylation is 1. The van der Waals surface area contributed by atoms with E-state index in [2.05, 4.69) is 5.32 Å². The van der Waals surface area contributed by atoms with Gasteiger partial charge in [-0.25, -0.2) is 0 Å². The first kappa shape index (κ1) is 18.1. The van der Waals surface area contributed by atoms with Gasteiger partial charge in [-0.1, -0.05) is 29.8 Å². The summed E-state index contributed by atoms with van der Waals surface area (Å²) in [4.78, 5) is 12.5. The molecule has 0 spiro atoms. The summed E-state index contributed by atoms with van der Waals surface area (Å²) in [6, 6.07) is 11.0. The number of hydrogen-bond donors (Lipinski definition) is 1. The van der Waals surface area contributed by atoms with Crippen LogP contribution in [0.25, 0.3) is 11.0 Å². The number of rotatable bonds is 6. The summed E-state index contributed by atoms with van der Waals surface area (Å²) < 4.78 is 16.5. The van der Waals surface area contributed by atoms with Crippen LogP contribution in [-0.2, 0) is 6.54 Å². The van der Waals surface area contributed by atoms with Gasteiger partial charge in [-0.15, -0.1) is 0 Å². The maximum absolute atomic E-state index is 12.5. The molecule has 1 aromatic heterocycles. The minimum Gasteiger partial charge on any atom is -0.493 e. The second kappa shape index (κ2) is 7.70. The molecular weight excluding hydrogens is 354 g/mol. The first-order valence-corrected chi connectivity index (χ1v) is 8.68. The van der Waals surface area contributed by atoms with E-state index in [1.165, 1.54) is 0 Å². The Morgan fingerprint density at radius 1 is 1.23 bits per heavy atom. The molecule has 0 bridgehead atoms. The second-order valence-corrected chi connectivity index (χ2v) is 6.18. The van der Waals surface area contributed by atoms with Crippen LogP contribution < -0.4 is 14.8 Å². The second-order valence-electron chi connectivity index (χ2n) is 5.77. The highest BCUT2D eigenvalue weighted by molar-refractivity contribution is 6.35. The van der Waals surface area contributed by atoms with Crippen molar-refractivity contribution < 1.29 is 18.7 Å². The van der Waals surface area contributed by atoms with Crippen molar-refractivity contribution in [2.45, 2.75) is 20.4 Å². The number of hydrogen-bond acceptors (Lipinski definition) is 4. The lowest BCUT2D eigenvalue weighted by molar-refractivity contribution is 0.0924. The number of methoxy groups -OCH3 is 1. The normalized spacial score (nSPS) is 10.8. The maximum atomic E-state index is 12.5. The van der Waals surface area contributed by atoms with E-state index < -0.39 is 0 Å². The number of fused-ring (bicyclic) bond motifs is 1. The van der Waals surface area contributed by atoms with Gasteiger partial charge in [0.15, 0.2) is 22.8 Å². The van der Waals surface area contributed by atoms with Gasteiger partial charge in [0.25, 0.3) is 5.91 Å². The van der Waals surface area contributed by atoms with Crippen molar-refractivity contribution in [1.82, 2.24) is 5.32 Å². The summed E-state index contributed by atoms with van der Waals surface area (Å²) in [7, 11) is 1.59. The van der Waals surface area contributed by atoms with Crippen molar-refractivity contribution in [2.24, 2.45) is 0 Å². The van der Waals surface area contributed by atoms with Crippen molar-refractivity contribution >= 4 is 28.5 Å². The largest absolute Gasteiger partial charge is 0.493 e. The summed E-state index contributed by atoms with van der Waals surface area (Å²) >= 11 is 6.14. The van der Waals surface area contributed by atoms with Crippen molar-refractivity contribution in [3.05, 3.63) is 58.3 Å². The van der Waals surface area contributed by atoms with Crippen molar-refractivity contribution in [2.75, 3.05) is 13.7 Å². The standard InChI is InChI=1S/C20H20ClNO4/c1-4-25-16-9-8-13(10-17(16)24-3)11-22-20(23)18-12(2)14-6-5-7-15(21)19(14)26-18/h5-10H,4,11H2,1-3H3,(H,22,23). The Balaban J connectivity index is 1.77. The third kappa shape index (κ3) is 3.48. The highest BCUT2D eigenvalue weighted by atomic mass is 35.5. The van der Waals surface area contributed by atoms with Crippen LogP contribution in [0, 0.1) is 6.92 Å². The van der Waals surface area contributed by atoms with Crippen molar-refractivity contribution in [3.8, 4) is 11.5 Å². The maximum Gasteiger partial charge on any atom is 0.287 e. The minimum absolute atomic E-state index is 0.269. The Morgan fingerprint density at radius 3 is 2.73 bits per heavy atom. The predicted octanol–water partition coefficient (Wildman–Crippen LogP) is 4.73. The minimum atomic E-state index is -0.289. The number of ether oxygens (including phenoxy) is 2. The molecule has 0 fully saturated rings. The number of benzene rings is 2. The van der Waals surface area contributed by atoms with E-state index in [9.17, 15) is 4.79 Å². The molecule has 0 radical (unpaired) electrons. The SMILES string of the molecule is CCOc1ccc(CNC(=O)c2oc3c(Cl)cccc3c2C)cc1OC. The van der Waals surface area contributed by atoms with Gasteiger partial charge >= 0.3 is 0 Å². The van der Waals surface area contributed by atoms with Gasteiger partial charge in [-0.2, -0.15) is 0 Å². The Hall–Kier alpha value is -2.66. The first-order chi connectivity index (χ1) is 12.5. The van der Waals surface area contributed by atoms with Crippen LogP contribution in [0.1, 0.15) is 28.6 Å². The molecule has 0 saturated heterocycles. The summed E-state index contributed by atoms with van der Waals surface area (Å²) in [6.45, 7) is 4.65. The van der Waals surface area contributed by atoms with E-state index in [0.29, 0.717) is 35.3 Å². The zero-order valence-electron chi connectivity index (χ0n) is 14.9. The number of nitrogens with one attached hydrogen (secondary N) is 1. The van der Waals surface area contributed by atoms with E-state index in [4.69, 9.17) is 25.5 Å². The molecule has 3 aromatic rings. The average molecular weight is 374 g/mol. The third-order valence-corrected chi connectivity index (χ3v) is 4.40. The quantitative estimate of drug-likeness (QED) is 0.678. The topological polar surface area (TPSA) is 60.7 Å². The number of carbonyl (C=O) groups is 1. The summed E-state index contributed by atoms with van der Waals surface area (Å²) in [5.74, 6) is 1.28. The van der Waals surface area contributed by atoms with Gasteiger partial charge in [0.1, 0.15) is 0 Å². The molecule has 0 aliphatic carbocycles. The van der Waals surface area contributed by atoms with Gasteiger partial charge in [-0.3, -0.25) is 4.79 Å². The number of para-hydroxylation sites is 1. The Labute approximate surface area is 156 Å². The lowest BCUT2D eigenvalue weighted by Crippen LogP contribution is -2.23. The van der Waals surface area contributed by atoms with E-state index in [-0.39, 0.29) is 11.7 Å². The lowest BCUT2D eigenvalue weighted by atomic mass is 10.1. The fraction of sp³-hybridized carbons (Fsp3) is 0.250. The molecular formula is C20H20ClNO4. The summed E-state index contributed by atoms with van der Waals surface area (Å²) in [6.07, 6.45) is 0. The molecule has 1 N–H and O–H groups in total. The van der Waals surface area contributed by atoms with Crippen LogP contribution in [0.4, 0.5) is 0 Å². The van der Waals surface area contributed by atoms with Crippen molar-refractivity contribution in [3.63, 3.8) is 0 Å². The highest BCUT2D eigenvalue weighted by Crippen LogP contribution is 2.31. The van der Waals surface area contributed by atoms with Crippen molar-refractivity contribution in [1.29, 1.82) is 0 Å². The molecule has 0 aliphatic rings. The molecule has 0 unspecified atom stereocenters. The molecule has 1 heterocycles. The Bertz CT molecular complexity index is 948. The van der Waals surface area contributed by atoms with Crippen LogP contribution in [0.2, 0.25) is 5.02 Å². The molecule has 136 valence electrons. The fourth-order valence-electron chi connectivity index (χ4n) is 2.78. The number of amides is 1. The highest BCUT2D eigenvalue weighted by Gasteiger charge is 2.19. The van der Waals surface area contributed by atoms with Gasteiger partial charge in [0.2, 0.25) is 0 Å². The number of halogens is 1. The van der Waals surface area contributed by atoms with Crippen LogP contribution >= 0.6 is 11.6 Å². The van der Waals surface area contributed by atoms with E-state index in [1.807, 2.05) is 44.2 Å².